The molecule has 1 aromatic carbocycles. The van der Waals surface area contributed by atoms with Crippen molar-refractivity contribution in [2.75, 3.05) is 13.7 Å². The minimum Gasteiger partial charge on any atom is -0.469 e. The number of methoxy groups -OCH3 is 1. The molecule has 0 aromatic heterocycles. The van der Waals surface area contributed by atoms with Crippen molar-refractivity contribution in [2.45, 2.75) is 45.1 Å². The van der Waals surface area contributed by atoms with Gasteiger partial charge in [-0.15, -0.1) is 0 Å². The molecule has 0 aliphatic heterocycles. The Kier molecular flexibility index (Phi) is 8.22. The van der Waals surface area contributed by atoms with Gasteiger partial charge in [0, 0.05) is 13.0 Å². The number of hydrogen-bond acceptors (Lipinski definition) is 4. The first-order valence-corrected chi connectivity index (χ1v) is 7.71. The van der Waals surface area contributed by atoms with Gasteiger partial charge in [-0.05, 0) is 25.3 Å². The molecule has 0 saturated heterocycles. The SMILES string of the molecule is COC(=O)CCCCCCNC(=O)C(N)c1ccc(C)cc1. The monoisotopic (exact) mass is 306 g/mol. The van der Waals surface area contributed by atoms with Gasteiger partial charge in [-0.3, -0.25) is 9.59 Å². The number of nitrogens with one attached hydrogen (secondary N) is 1. The average Bonchev–Trinajstić information content (AvgIpc) is 2.53. The summed E-state index contributed by atoms with van der Waals surface area (Å²) in [5, 5.41) is 2.85. The fourth-order valence-corrected chi connectivity index (χ4v) is 2.10. The topological polar surface area (TPSA) is 81.4 Å². The number of benzene rings is 1. The summed E-state index contributed by atoms with van der Waals surface area (Å²) in [6.45, 7) is 2.60. The molecule has 3 N–H and O–H groups in total. The van der Waals surface area contributed by atoms with Gasteiger partial charge in [0.15, 0.2) is 0 Å². The average molecular weight is 306 g/mol. The highest BCUT2D eigenvalue weighted by molar-refractivity contribution is 5.82. The van der Waals surface area contributed by atoms with Crippen LogP contribution in [0.3, 0.4) is 0 Å². The molecule has 1 amide bonds. The lowest BCUT2D eigenvalue weighted by molar-refractivity contribution is -0.140. The third kappa shape index (κ3) is 6.72. The van der Waals surface area contributed by atoms with Gasteiger partial charge in [-0.1, -0.05) is 42.7 Å². The van der Waals surface area contributed by atoms with E-state index in [0.29, 0.717) is 13.0 Å². The van der Waals surface area contributed by atoms with Crippen LogP contribution in [0.4, 0.5) is 0 Å². The molecule has 1 atom stereocenters. The molecule has 0 aliphatic carbocycles. The lowest BCUT2D eigenvalue weighted by Gasteiger charge is -2.12. The van der Waals surface area contributed by atoms with E-state index >= 15 is 0 Å². The predicted octanol–water partition coefficient (Wildman–Crippen LogP) is 2.23. The first kappa shape index (κ1) is 18.2. The van der Waals surface area contributed by atoms with Gasteiger partial charge in [0.05, 0.1) is 7.11 Å². The summed E-state index contributed by atoms with van der Waals surface area (Å²) in [6.07, 6.45) is 4.09. The van der Waals surface area contributed by atoms with Crippen LogP contribution in [-0.2, 0) is 14.3 Å². The summed E-state index contributed by atoms with van der Waals surface area (Å²) in [4.78, 5) is 22.9. The summed E-state index contributed by atoms with van der Waals surface area (Å²) in [6, 6.07) is 7.03. The van der Waals surface area contributed by atoms with E-state index in [9.17, 15) is 9.59 Å². The van der Waals surface area contributed by atoms with Crippen molar-refractivity contribution in [3.63, 3.8) is 0 Å². The molecule has 0 heterocycles. The van der Waals surface area contributed by atoms with Crippen LogP contribution in [0.1, 0.15) is 49.3 Å². The number of amides is 1. The number of esters is 1. The Bertz CT molecular complexity index is 471. The van der Waals surface area contributed by atoms with E-state index in [1.807, 2.05) is 31.2 Å². The highest BCUT2D eigenvalue weighted by Gasteiger charge is 2.14. The minimum absolute atomic E-state index is 0.154. The van der Waals surface area contributed by atoms with Crippen molar-refractivity contribution < 1.29 is 14.3 Å². The lowest BCUT2D eigenvalue weighted by atomic mass is 10.1. The van der Waals surface area contributed by atoms with E-state index in [1.54, 1.807) is 0 Å². The highest BCUT2D eigenvalue weighted by Crippen LogP contribution is 2.11. The molecular weight excluding hydrogens is 280 g/mol. The van der Waals surface area contributed by atoms with Crippen LogP contribution < -0.4 is 11.1 Å². The molecule has 0 spiro atoms. The van der Waals surface area contributed by atoms with Crippen molar-refractivity contribution in [1.82, 2.24) is 5.32 Å². The van der Waals surface area contributed by atoms with E-state index in [0.717, 1.165) is 36.8 Å². The zero-order chi connectivity index (χ0) is 16.4. The van der Waals surface area contributed by atoms with Crippen LogP contribution in [0.25, 0.3) is 0 Å². The second-order valence-corrected chi connectivity index (χ2v) is 5.42. The van der Waals surface area contributed by atoms with Crippen molar-refractivity contribution in [2.24, 2.45) is 5.73 Å². The molecule has 1 aromatic rings. The molecule has 22 heavy (non-hydrogen) atoms. The van der Waals surface area contributed by atoms with E-state index in [2.05, 4.69) is 10.1 Å². The van der Waals surface area contributed by atoms with Crippen molar-refractivity contribution in [3.8, 4) is 0 Å². The maximum atomic E-state index is 11.9. The summed E-state index contributed by atoms with van der Waals surface area (Å²) in [5.74, 6) is -0.323. The first-order chi connectivity index (χ1) is 10.5. The van der Waals surface area contributed by atoms with Gasteiger partial charge in [-0.25, -0.2) is 0 Å². The number of rotatable bonds is 9. The maximum Gasteiger partial charge on any atom is 0.305 e. The van der Waals surface area contributed by atoms with Gasteiger partial charge in [0.25, 0.3) is 0 Å². The lowest BCUT2D eigenvalue weighted by Crippen LogP contribution is -2.34. The molecule has 0 aliphatic rings. The maximum absolute atomic E-state index is 11.9. The van der Waals surface area contributed by atoms with Crippen LogP contribution in [0.15, 0.2) is 24.3 Å². The third-order valence-electron chi connectivity index (χ3n) is 3.55. The predicted molar refractivity (Wildman–Crippen MR) is 86.2 cm³/mol. The minimum atomic E-state index is -0.625. The Labute approximate surface area is 132 Å². The molecule has 5 heteroatoms. The van der Waals surface area contributed by atoms with Crippen molar-refractivity contribution in [3.05, 3.63) is 35.4 Å². The Morgan fingerprint density at radius 2 is 1.77 bits per heavy atom. The molecule has 0 saturated carbocycles. The number of unbranched alkanes of at least 4 members (excludes halogenated alkanes) is 3. The van der Waals surface area contributed by atoms with E-state index in [-0.39, 0.29) is 11.9 Å². The number of nitrogens with two attached hydrogens (primary N) is 1. The fourth-order valence-electron chi connectivity index (χ4n) is 2.10. The molecular formula is C17H26N2O3. The second-order valence-electron chi connectivity index (χ2n) is 5.42. The van der Waals surface area contributed by atoms with E-state index < -0.39 is 6.04 Å². The van der Waals surface area contributed by atoms with Crippen LogP contribution in [0.2, 0.25) is 0 Å². The van der Waals surface area contributed by atoms with Crippen LogP contribution in [-0.4, -0.2) is 25.5 Å². The summed E-state index contributed by atoms with van der Waals surface area (Å²) in [5.41, 5.74) is 7.90. The van der Waals surface area contributed by atoms with E-state index in [4.69, 9.17) is 5.73 Å². The molecule has 0 fully saturated rings. The van der Waals surface area contributed by atoms with Gasteiger partial charge in [0.1, 0.15) is 6.04 Å². The van der Waals surface area contributed by atoms with Gasteiger partial charge in [0.2, 0.25) is 5.91 Å². The van der Waals surface area contributed by atoms with Gasteiger partial charge >= 0.3 is 5.97 Å². The number of aryl methyl sites for hydroxylation is 1. The quantitative estimate of drug-likeness (QED) is 0.541. The molecule has 0 radical (unpaired) electrons. The fraction of sp³-hybridized carbons (Fsp3) is 0.529. The van der Waals surface area contributed by atoms with Crippen molar-refractivity contribution >= 4 is 11.9 Å². The van der Waals surface area contributed by atoms with Crippen LogP contribution >= 0.6 is 0 Å². The standard InChI is InChI=1S/C17H26N2O3/c1-13-8-10-14(11-9-13)16(18)17(21)19-12-6-4-3-5-7-15(20)22-2/h8-11,16H,3-7,12,18H2,1-2H3,(H,19,21). The van der Waals surface area contributed by atoms with Gasteiger partial charge in [-0.2, -0.15) is 0 Å². The number of carbonyl (C=O) groups excluding carboxylic acids is 2. The molecule has 1 rings (SSSR count). The number of carbonyl (C=O) groups is 2. The highest BCUT2D eigenvalue weighted by atomic mass is 16.5. The van der Waals surface area contributed by atoms with E-state index in [1.165, 1.54) is 7.11 Å². The zero-order valence-electron chi connectivity index (χ0n) is 13.4. The molecule has 122 valence electrons. The van der Waals surface area contributed by atoms with Gasteiger partial charge < -0.3 is 15.8 Å². The Balaban J connectivity index is 2.15. The summed E-state index contributed by atoms with van der Waals surface area (Å²) >= 11 is 0. The summed E-state index contributed by atoms with van der Waals surface area (Å²) < 4.78 is 4.58. The zero-order valence-corrected chi connectivity index (χ0v) is 13.4. The first-order valence-electron chi connectivity index (χ1n) is 7.71. The number of ether oxygens (including phenoxy) is 1. The van der Waals surface area contributed by atoms with Crippen molar-refractivity contribution in [1.29, 1.82) is 0 Å². The smallest absolute Gasteiger partial charge is 0.305 e. The second kappa shape index (κ2) is 9.95. The van der Waals surface area contributed by atoms with Crippen LogP contribution in [0.5, 0.6) is 0 Å². The van der Waals surface area contributed by atoms with Crippen LogP contribution in [0, 0.1) is 6.92 Å². The third-order valence-corrected chi connectivity index (χ3v) is 3.55. The molecule has 5 nitrogen and oxygen atoms in total. The summed E-state index contributed by atoms with van der Waals surface area (Å²) in [7, 11) is 1.40. The Morgan fingerprint density at radius 1 is 1.14 bits per heavy atom. The molecule has 1 unspecified atom stereocenters. The largest absolute Gasteiger partial charge is 0.469 e. The Morgan fingerprint density at radius 3 is 2.41 bits per heavy atom. The Hall–Kier alpha value is -1.88. The normalized spacial score (nSPS) is 11.8. The number of hydrogen-bond donors (Lipinski definition) is 2. The molecule has 0 bridgehead atoms.